The SMILES string of the molecule is COc1nc(C)c(C)c2c1CC(C)=C2. The Kier molecular flexibility index (Phi) is 2.06. The lowest BCUT2D eigenvalue weighted by atomic mass is 10.0. The summed E-state index contributed by atoms with van der Waals surface area (Å²) in [5.41, 5.74) is 6.28. The van der Waals surface area contributed by atoms with E-state index >= 15 is 0 Å². The first kappa shape index (κ1) is 9.25. The van der Waals surface area contributed by atoms with Gasteiger partial charge in [0.05, 0.1) is 7.11 Å². The smallest absolute Gasteiger partial charge is 0.217 e. The molecule has 2 nitrogen and oxygen atoms in total. The fraction of sp³-hybridized carbons (Fsp3) is 0.417. The maximum absolute atomic E-state index is 5.30. The second-order valence-electron chi connectivity index (χ2n) is 3.89. The van der Waals surface area contributed by atoms with Gasteiger partial charge in [-0.25, -0.2) is 4.98 Å². The van der Waals surface area contributed by atoms with Crippen LogP contribution in [0, 0.1) is 13.8 Å². The Labute approximate surface area is 84.6 Å². The van der Waals surface area contributed by atoms with E-state index in [2.05, 4.69) is 24.9 Å². The Balaban J connectivity index is 2.67. The fourth-order valence-electron chi connectivity index (χ4n) is 1.95. The lowest BCUT2D eigenvalue weighted by Crippen LogP contribution is -2.00. The second kappa shape index (κ2) is 3.12. The number of rotatable bonds is 1. The third-order valence-electron chi connectivity index (χ3n) is 2.84. The molecule has 0 bridgehead atoms. The van der Waals surface area contributed by atoms with Crippen LogP contribution in [0.3, 0.4) is 0 Å². The Morgan fingerprint density at radius 2 is 2.00 bits per heavy atom. The average Bonchev–Trinajstić information content (AvgIpc) is 2.54. The molecule has 74 valence electrons. The molecule has 0 radical (unpaired) electrons. The van der Waals surface area contributed by atoms with E-state index in [0.29, 0.717) is 0 Å². The summed E-state index contributed by atoms with van der Waals surface area (Å²) in [6.07, 6.45) is 3.22. The van der Waals surface area contributed by atoms with Gasteiger partial charge in [0.2, 0.25) is 5.88 Å². The predicted octanol–water partition coefficient (Wildman–Crippen LogP) is 2.67. The van der Waals surface area contributed by atoms with Crippen LogP contribution in [0.1, 0.15) is 29.3 Å². The molecule has 0 amide bonds. The van der Waals surface area contributed by atoms with Crippen molar-refractivity contribution in [3.63, 3.8) is 0 Å². The zero-order chi connectivity index (χ0) is 10.3. The van der Waals surface area contributed by atoms with Crippen LogP contribution >= 0.6 is 0 Å². The van der Waals surface area contributed by atoms with Gasteiger partial charge in [-0.3, -0.25) is 0 Å². The van der Waals surface area contributed by atoms with Crippen LogP contribution in [0.15, 0.2) is 5.57 Å². The third kappa shape index (κ3) is 1.22. The second-order valence-corrected chi connectivity index (χ2v) is 3.89. The van der Waals surface area contributed by atoms with E-state index in [0.717, 1.165) is 18.0 Å². The summed E-state index contributed by atoms with van der Waals surface area (Å²) in [6.45, 7) is 6.30. The van der Waals surface area contributed by atoms with Crippen molar-refractivity contribution in [2.75, 3.05) is 7.11 Å². The molecule has 0 aromatic carbocycles. The van der Waals surface area contributed by atoms with E-state index in [-0.39, 0.29) is 0 Å². The molecule has 2 rings (SSSR count). The van der Waals surface area contributed by atoms with E-state index < -0.39 is 0 Å². The number of pyridine rings is 1. The summed E-state index contributed by atoms with van der Waals surface area (Å²) in [5, 5.41) is 0. The summed E-state index contributed by atoms with van der Waals surface area (Å²) in [4.78, 5) is 4.44. The van der Waals surface area contributed by atoms with E-state index in [4.69, 9.17) is 4.74 Å². The summed E-state index contributed by atoms with van der Waals surface area (Å²) in [6, 6.07) is 0. The lowest BCUT2D eigenvalue weighted by Gasteiger charge is -2.10. The quantitative estimate of drug-likeness (QED) is 0.677. The predicted molar refractivity (Wildman–Crippen MR) is 57.6 cm³/mol. The first-order valence-corrected chi connectivity index (χ1v) is 4.84. The topological polar surface area (TPSA) is 22.1 Å². The van der Waals surface area contributed by atoms with Gasteiger partial charge < -0.3 is 4.74 Å². The summed E-state index contributed by atoms with van der Waals surface area (Å²) in [7, 11) is 1.69. The highest BCUT2D eigenvalue weighted by molar-refractivity contribution is 5.68. The molecule has 2 heteroatoms. The maximum atomic E-state index is 5.30. The summed E-state index contributed by atoms with van der Waals surface area (Å²) in [5.74, 6) is 0.788. The van der Waals surface area contributed by atoms with Gasteiger partial charge in [0.15, 0.2) is 0 Å². The minimum absolute atomic E-state index is 0.788. The van der Waals surface area contributed by atoms with E-state index in [1.54, 1.807) is 7.11 Å². The molecule has 0 saturated heterocycles. The van der Waals surface area contributed by atoms with Gasteiger partial charge in [0.1, 0.15) is 0 Å². The van der Waals surface area contributed by atoms with Gasteiger partial charge in [-0.1, -0.05) is 11.6 Å². The highest BCUT2D eigenvalue weighted by atomic mass is 16.5. The van der Waals surface area contributed by atoms with Crippen molar-refractivity contribution >= 4 is 6.08 Å². The molecule has 0 atom stereocenters. The Morgan fingerprint density at radius 1 is 1.29 bits per heavy atom. The summed E-state index contributed by atoms with van der Waals surface area (Å²) < 4.78 is 5.30. The molecule has 0 saturated carbocycles. The number of ether oxygens (including phenoxy) is 1. The van der Waals surface area contributed by atoms with Crippen LogP contribution < -0.4 is 4.74 Å². The number of allylic oxidation sites excluding steroid dienone is 1. The number of nitrogens with zero attached hydrogens (tertiary/aromatic N) is 1. The number of aryl methyl sites for hydroxylation is 1. The van der Waals surface area contributed by atoms with E-state index in [1.165, 1.54) is 22.3 Å². The van der Waals surface area contributed by atoms with Crippen LogP contribution in [-0.2, 0) is 6.42 Å². The molecule has 14 heavy (non-hydrogen) atoms. The molecular weight excluding hydrogens is 174 g/mol. The van der Waals surface area contributed by atoms with Crippen LogP contribution in [-0.4, -0.2) is 12.1 Å². The third-order valence-corrected chi connectivity index (χ3v) is 2.84. The van der Waals surface area contributed by atoms with Crippen molar-refractivity contribution in [1.82, 2.24) is 4.98 Å². The standard InChI is InChI=1S/C12H15NO/c1-7-5-10-8(2)9(3)13-12(14-4)11(10)6-7/h5H,6H2,1-4H3. The number of methoxy groups -OCH3 is 1. The number of hydrogen-bond donors (Lipinski definition) is 0. The van der Waals surface area contributed by atoms with Crippen LogP contribution in [0.25, 0.3) is 6.08 Å². The van der Waals surface area contributed by atoms with E-state index in [9.17, 15) is 0 Å². The normalized spacial score (nSPS) is 13.9. The Morgan fingerprint density at radius 3 is 2.64 bits per heavy atom. The van der Waals surface area contributed by atoms with Crippen molar-refractivity contribution in [3.8, 4) is 5.88 Å². The first-order valence-electron chi connectivity index (χ1n) is 4.84. The highest BCUT2D eigenvalue weighted by Gasteiger charge is 2.19. The van der Waals surface area contributed by atoms with Crippen molar-refractivity contribution in [1.29, 1.82) is 0 Å². The largest absolute Gasteiger partial charge is 0.481 e. The van der Waals surface area contributed by atoms with Gasteiger partial charge in [-0.05, 0) is 38.3 Å². The number of fused-ring (bicyclic) bond motifs is 1. The van der Waals surface area contributed by atoms with Crippen LogP contribution in [0.2, 0.25) is 0 Å². The van der Waals surface area contributed by atoms with Crippen LogP contribution in [0.4, 0.5) is 0 Å². The molecular formula is C12H15NO. The monoisotopic (exact) mass is 189 g/mol. The van der Waals surface area contributed by atoms with Crippen molar-refractivity contribution in [2.24, 2.45) is 0 Å². The molecule has 0 N–H and O–H groups in total. The molecule has 0 unspecified atom stereocenters. The minimum Gasteiger partial charge on any atom is -0.481 e. The van der Waals surface area contributed by atoms with Crippen molar-refractivity contribution in [2.45, 2.75) is 27.2 Å². The molecule has 1 aromatic heterocycles. The van der Waals surface area contributed by atoms with E-state index in [1.807, 2.05) is 6.92 Å². The zero-order valence-corrected chi connectivity index (χ0v) is 9.14. The van der Waals surface area contributed by atoms with Crippen molar-refractivity contribution < 1.29 is 4.74 Å². The molecule has 1 aliphatic rings. The Hall–Kier alpha value is -1.31. The zero-order valence-electron chi connectivity index (χ0n) is 9.14. The van der Waals surface area contributed by atoms with Crippen LogP contribution in [0.5, 0.6) is 5.88 Å². The maximum Gasteiger partial charge on any atom is 0.217 e. The van der Waals surface area contributed by atoms with Gasteiger partial charge >= 0.3 is 0 Å². The van der Waals surface area contributed by atoms with Gasteiger partial charge in [0.25, 0.3) is 0 Å². The molecule has 0 fully saturated rings. The summed E-state index contributed by atoms with van der Waals surface area (Å²) >= 11 is 0. The Bertz CT molecular complexity index is 419. The first-order chi connectivity index (χ1) is 6.63. The molecule has 1 aliphatic carbocycles. The molecule has 0 spiro atoms. The average molecular weight is 189 g/mol. The lowest BCUT2D eigenvalue weighted by molar-refractivity contribution is 0.392. The number of hydrogen-bond acceptors (Lipinski definition) is 2. The highest BCUT2D eigenvalue weighted by Crippen LogP contribution is 2.34. The minimum atomic E-state index is 0.788. The van der Waals surface area contributed by atoms with Gasteiger partial charge in [-0.15, -0.1) is 0 Å². The van der Waals surface area contributed by atoms with Gasteiger partial charge in [0, 0.05) is 11.3 Å². The molecule has 1 aromatic rings. The molecule has 1 heterocycles. The van der Waals surface area contributed by atoms with Crippen molar-refractivity contribution in [3.05, 3.63) is 28.0 Å². The molecule has 0 aliphatic heterocycles. The fourth-order valence-corrected chi connectivity index (χ4v) is 1.95. The van der Waals surface area contributed by atoms with Gasteiger partial charge in [-0.2, -0.15) is 0 Å². The number of aromatic nitrogens is 1.